The van der Waals surface area contributed by atoms with Crippen molar-refractivity contribution < 1.29 is 5.11 Å². The number of hydrogen-bond donors (Lipinski definition) is 2. The van der Waals surface area contributed by atoms with Crippen LogP contribution in [0.15, 0.2) is 0 Å². The predicted octanol–water partition coefficient (Wildman–Crippen LogP) is 0.961. The van der Waals surface area contributed by atoms with E-state index in [0.717, 1.165) is 13.1 Å². The van der Waals surface area contributed by atoms with Gasteiger partial charge in [0, 0.05) is 12.1 Å². The minimum absolute atomic E-state index is 0.129. The fourth-order valence-corrected chi connectivity index (χ4v) is 2.78. The molecule has 1 saturated carbocycles. The van der Waals surface area contributed by atoms with E-state index in [4.69, 9.17) is 5.73 Å². The molecule has 0 spiro atoms. The second-order valence-corrected chi connectivity index (χ2v) is 6.00. The lowest BCUT2D eigenvalue weighted by Gasteiger charge is -2.39. The fraction of sp³-hybridized carbons (Fsp3) is 1.00. The number of rotatable bonds is 4. The predicted molar refractivity (Wildman–Crippen MR) is 61.6 cm³/mol. The lowest BCUT2D eigenvalue weighted by atomic mass is 9.92. The summed E-state index contributed by atoms with van der Waals surface area (Å²) < 4.78 is 0. The van der Waals surface area contributed by atoms with Crippen LogP contribution in [0.3, 0.4) is 0 Å². The summed E-state index contributed by atoms with van der Waals surface area (Å²) in [4.78, 5) is 2.46. The average Bonchev–Trinajstić information content (AvgIpc) is 2.95. The molecule has 3 nitrogen and oxygen atoms in total. The molecular formula is C12H24N2O. The van der Waals surface area contributed by atoms with Crippen molar-refractivity contribution in [1.82, 2.24) is 4.90 Å². The molecule has 0 aromatic heterocycles. The van der Waals surface area contributed by atoms with Gasteiger partial charge in [0.25, 0.3) is 0 Å². The molecular weight excluding hydrogens is 188 g/mol. The minimum atomic E-state index is -0.346. The molecule has 2 aliphatic rings. The third-order valence-corrected chi connectivity index (χ3v) is 4.24. The molecule has 0 aromatic rings. The molecule has 2 rings (SSSR count). The van der Waals surface area contributed by atoms with Crippen molar-refractivity contribution in [1.29, 1.82) is 0 Å². The minimum Gasteiger partial charge on any atom is -0.394 e. The lowest BCUT2D eigenvalue weighted by Crippen LogP contribution is -2.57. The summed E-state index contributed by atoms with van der Waals surface area (Å²) in [5, 5.41) is 9.47. The Hall–Kier alpha value is -0.120. The van der Waals surface area contributed by atoms with E-state index in [1.54, 1.807) is 0 Å². The van der Waals surface area contributed by atoms with Gasteiger partial charge in [-0.15, -0.1) is 0 Å². The maximum atomic E-state index is 9.47. The van der Waals surface area contributed by atoms with Crippen molar-refractivity contribution in [2.75, 3.05) is 19.7 Å². The molecule has 15 heavy (non-hydrogen) atoms. The molecule has 1 atom stereocenters. The Morgan fingerprint density at radius 2 is 2.13 bits per heavy atom. The van der Waals surface area contributed by atoms with Crippen molar-refractivity contribution >= 4 is 0 Å². The van der Waals surface area contributed by atoms with Gasteiger partial charge in [-0.3, -0.25) is 4.90 Å². The molecule has 88 valence electrons. The molecule has 1 unspecified atom stereocenters. The van der Waals surface area contributed by atoms with Crippen LogP contribution in [0.2, 0.25) is 0 Å². The highest BCUT2D eigenvalue weighted by Gasteiger charge is 2.45. The van der Waals surface area contributed by atoms with Crippen molar-refractivity contribution in [3.8, 4) is 0 Å². The van der Waals surface area contributed by atoms with Crippen molar-refractivity contribution in [3.63, 3.8) is 0 Å². The van der Waals surface area contributed by atoms with Crippen LogP contribution < -0.4 is 5.73 Å². The van der Waals surface area contributed by atoms with E-state index in [1.165, 1.54) is 25.7 Å². The lowest BCUT2D eigenvalue weighted by molar-refractivity contribution is 0.0858. The van der Waals surface area contributed by atoms with Crippen molar-refractivity contribution in [2.45, 2.75) is 50.6 Å². The molecule has 0 radical (unpaired) electrons. The van der Waals surface area contributed by atoms with Crippen LogP contribution in [-0.4, -0.2) is 40.8 Å². The molecule has 0 amide bonds. The molecule has 3 heteroatoms. The number of nitrogens with two attached hydrogens (primary N) is 1. The van der Waals surface area contributed by atoms with Gasteiger partial charge in [-0.05, 0) is 52.0 Å². The van der Waals surface area contributed by atoms with Crippen LogP contribution >= 0.6 is 0 Å². The van der Waals surface area contributed by atoms with Gasteiger partial charge in [-0.1, -0.05) is 0 Å². The Bertz CT molecular complexity index is 238. The van der Waals surface area contributed by atoms with Gasteiger partial charge in [-0.2, -0.15) is 0 Å². The van der Waals surface area contributed by atoms with Gasteiger partial charge in [0.15, 0.2) is 0 Å². The SMILES string of the molecule is CC1(C)CCCN1CC(N)(CO)C1CC1. The largest absolute Gasteiger partial charge is 0.394 e. The summed E-state index contributed by atoms with van der Waals surface area (Å²) >= 11 is 0. The van der Waals surface area contributed by atoms with E-state index in [1.807, 2.05) is 0 Å². The Labute approximate surface area is 92.6 Å². The van der Waals surface area contributed by atoms with Crippen molar-refractivity contribution in [2.24, 2.45) is 11.7 Å². The molecule has 1 aliphatic heterocycles. The van der Waals surface area contributed by atoms with E-state index in [-0.39, 0.29) is 17.7 Å². The van der Waals surface area contributed by atoms with Crippen molar-refractivity contribution in [3.05, 3.63) is 0 Å². The summed E-state index contributed by atoms with van der Waals surface area (Å²) in [7, 11) is 0. The number of aliphatic hydroxyl groups excluding tert-OH is 1. The maximum Gasteiger partial charge on any atom is 0.0626 e. The third-order valence-electron chi connectivity index (χ3n) is 4.24. The van der Waals surface area contributed by atoms with Crippen LogP contribution in [0.25, 0.3) is 0 Å². The Kier molecular flexibility index (Phi) is 2.82. The summed E-state index contributed by atoms with van der Waals surface area (Å²) in [6.07, 6.45) is 4.91. The average molecular weight is 212 g/mol. The maximum absolute atomic E-state index is 9.47. The van der Waals surface area contributed by atoms with Gasteiger partial charge in [-0.25, -0.2) is 0 Å². The van der Waals surface area contributed by atoms with Crippen LogP contribution in [0.4, 0.5) is 0 Å². The number of hydrogen-bond acceptors (Lipinski definition) is 3. The Morgan fingerprint density at radius 3 is 2.53 bits per heavy atom. The number of nitrogens with zero attached hydrogens (tertiary/aromatic N) is 1. The Morgan fingerprint density at radius 1 is 1.47 bits per heavy atom. The molecule has 1 saturated heterocycles. The quantitative estimate of drug-likeness (QED) is 0.730. The summed E-state index contributed by atoms with van der Waals surface area (Å²) in [5.41, 5.74) is 6.24. The highest BCUT2D eigenvalue weighted by Crippen LogP contribution is 2.40. The standard InChI is InChI=1S/C12H24N2O/c1-11(2)6-3-7-14(11)8-12(13,9-15)10-4-5-10/h10,15H,3-9,13H2,1-2H3. The van der Waals surface area contributed by atoms with E-state index in [0.29, 0.717) is 5.92 Å². The molecule has 2 fully saturated rings. The fourth-order valence-electron chi connectivity index (χ4n) is 2.78. The zero-order chi connectivity index (χ0) is 11.1. The van der Waals surface area contributed by atoms with E-state index < -0.39 is 0 Å². The number of likely N-dealkylation sites (tertiary alicyclic amines) is 1. The first-order valence-electron chi connectivity index (χ1n) is 6.13. The second-order valence-electron chi connectivity index (χ2n) is 6.00. The van der Waals surface area contributed by atoms with Crippen LogP contribution in [-0.2, 0) is 0 Å². The van der Waals surface area contributed by atoms with E-state index in [9.17, 15) is 5.11 Å². The van der Waals surface area contributed by atoms with Crippen LogP contribution in [0.5, 0.6) is 0 Å². The molecule has 3 N–H and O–H groups in total. The normalized spacial score (nSPS) is 30.4. The topological polar surface area (TPSA) is 49.5 Å². The highest BCUT2D eigenvalue weighted by atomic mass is 16.3. The van der Waals surface area contributed by atoms with Gasteiger partial charge in [0.1, 0.15) is 0 Å². The monoisotopic (exact) mass is 212 g/mol. The second kappa shape index (κ2) is 3.72. The third kappa shape index (κ3) is 2.19. The molecule has 1 heterocycles. The van der Waals surface area contributed by atoms with E-state index in [2.05, 4.69) is 18.7 Å². The molecule has 1 aliphatic carbocycles. The van der Waals surface area contributed by atoms with E-state index >= 15 is 0 Å². The Balaban J connectivity index is 2.00. The highest BCUT2D eigenvalue weighted by molar-refractivity contribution is 5.03. The smallest absolute Gasteiger partial charge is 0.0626 e. The zero-order valence-electron chi connectivity index (χ0n) is 10.00. The summed E-state index contributed by atoms with van der Waals surface area (Å²) in [6, 6.07) is 0. The first-order chi connectivity index (χ1) is 6.98. The first-order valence-corrected chi connectivity index (χ1v) is 6.13. The van der Waals surface area contributed by atoms with Gasteiger partial charge < -0.3 is 10.8 Å². The molecule has 0 bridgehead atoms. The zero-order valence-corrected chi connectivity index (χ0v) is 10.00. The van der Waals surface area contributed by atoms with Gasteiger partial charge in [0.2, 0.25) is 0 Å². The van der Waals surface area contributed by atoms with Gasteiger partial charge >= 0.3 is 0 Å². The van der Waals surface area contributed by atoms with Crippen LogP contribution in [0, 0.1) is 5.92 Å². The first kappa shape index (κ1) is 11.4. The number of aliphatic hydroxyl groups is 1. The van der Waals surface area contributed by atoms with Crippen LogP contribution in [0.1, 0.15) is 39.5 Å². The molecule has 0 aromatic carbocycles. The van der Waals surface area contributed by atoms with Gasteiger partial charge in [0.05, 0.1) is 12.1 Å². The summed E-state index contributed by atoms with van der Waals surface area (Å²) in [5.74, 6) is 0.555. The summed E-state index contributed by atoms with van der Waals surface area (Å²) in [6.45, 7) is 6.69.